The molecule has 1 unspecified atom stereocenters. The zero-order chi connectivity index (χ0) is 28.4. The van der Waals surface area contributed by atoms with Gasteiger partial charge in [0.1, 0.15) is 23.2 Å². The van der Waals surface area contributed by atoms with Crippen LogP contribution < -0.4 is 5.32 Å². The van der Waals surface area contributed by atoms with Crippen LogP contribution >= 0.6 is 0 Å². The van der Waals surface area contributed by atoms with E-state index in [-0.39, 0.29) is 36.4 Å². The van der Waals surface area contributed by atoms with E-state index in [1.54, 1.807) is 32.0 Å². The van der Waals surface area contributed by atoms with Gasteiger partial charge >= 0.3 is 0 Å². The highest BCUT2D eigenvalue weighted by Gasteiger charge is 2.43. The van der Waals surface area contributed by atoms with Crippen LogP contribution in [0.25, 0.3) is 0 Å². The lowest BCUT2D eigenvalue weighted by Gasteiger charge is -2.39. The SMILES string of the molecule is C/C=C1\C(=C/C(C)(Cc2ccc(F)cc2F)N=O)N(C(=O)CN2C[C@@H](C)NC[C@@H]2C(=O)N(C)C)CC1(C)C. The van der Waals surface area contributed by atoms with Gasteiger partial charge in [-0.3, -0.25) is 14.5 Å². The summed E-state index contributed by atoms with van der Waals surface area (Å²) >= 11 is 0. The molecule has 208 valence electrons. The Bertz CT molecular complexity index is 1150. The van der Waals surface area contributed by atoms with Crippen molar-refractivity contribution in [3.05, 3.63) is 63.7 Å². The van der Waals surface area contributed by atoms with Crippen LogP contribution in [-0.4, -0.2) is 84.4 Å². The summed E-state index contributed by atoms with van der Waals surface area (Å²) in [4.78, 5) is 43.8. The van der Waals surface area contributed by atoms with Crippen molar-refractivity contribution in [2.45, 2.75) is 58.7 Å². The summed E-state index contributed by atoms with van der Waals surface area (Å²) in [6, 6.07) is 2.86. The fourth-order valence-electron chi connectivity index (χ4n) is 5.39. The van der Waals surface area contributed by atoms with E-state index in [0.29, 0.717) is 25.3 Å². The number of amides is 2. The van der Waals surface area contributed by atoms with Gasteiger partial charge in [-0.2, -0.15) is 0 Å². The monoisotopic (exact) mass is 531 g/mol. The summed E-state index contributed by atoms with van der Waals surface area (Å²) in [5, 5.41) is 6.62. The van der Waals surface area contributed by atoms with Crippen molar-refractivity contribution < 1.29 is 18.4 Å². The lowest BCUT2D eigenvalue weighted by Crippen LogP contribution is -2.62. The molecule has 3 rings (SSSR count). The Hall–Kier alpha value is -2.98. The molecule has 2 amide bonds. The third-order valence-electron chi connectivity index (χ3n) is 7.33. The topological polar surface area (TPSA) is 85.3 Å². The zero-order valence-electron chi connectivity index (χ0n) is 23.3. The Morgan fingerprint density at radius 1 is 1.29 bits per heavy atom. The molecule has 2 aliphatic heterocycles. The van der Waals surface area contributed by atoms with Gasteiger partial charge in [0.2, 0.25) is 11.8 Å². The van der Waals surface area contributed by atoms with Crippen LogP contribution in [-0.2, 0) is 16.0 Å². The predicted molar refractivity (Wildman–Crippen MR) is 143 cm³/mol. The zero-order valence-corrected chi connectivity index (χ0v) is 23.3. The van der Waals surface area contributed by atoms with Crippen LogP contribution in [0.1, 0.15) is 40.2 Å². The van der Waals surface area contributed by atoms with Crippen molar-refractivity contribution in [3.63, 3.8) is 0 Å². The summed E-state index contributed by atoms with van der Waals surface area (Å²) in [6.07, 6.45) is 3.43. The second kappa shape index (κ2) is 11.4. The summed E-state index contributed by atoms with van der Waals surface area (Å²) in [7, 11) is 3.39. The molecule has 2 fully saturated rings. The summed E-state index contributed by atoms with van der Waals surface area (Å²) < 4.78 is 27.9. The van der Waals surface area contributed by atoms with Gasteiger partial charge < -0.3 is 15.1 Å². The lowest BCUT2D eigenvalue weighted by molar-refractivity contribution is -0.138. The molecule has 2 saturated heterocycles. The van der Waals surface area contributed by atoms with Gasteiger partial charge in [0.25, 0.3) is 0 Å². The first-order valence-corrected chi connectivity index (χ1v) is 12.9. The number of carbonyl (C=O) groups excluding carboxylic acids is 2. The molecular weight excluding hydrogens is 492 g/mol. The summed E-state index contributed by atoms with van der Waals surface area (Å²) in [5.41, 5.74) is -0.228. The maximum atomic E-state index is 14.4. The Labute approximate surface area is 223 Å². The highest BCUT2D eigenvalue weighted by molar-refractivity contribution is 5.85. The number of nitrogens with zero attached hydrogens (tertiary/aromatic N) is 4. The molecular formula is C28H39F2N5O3. The minimum Gasteiger partial charge on any atom is -0.347 e. The number of allylic oxidation sites excluding steroid dienone is 2. The Morgan fingerprint density at radius 3 is 2.55 bits per heavy atom. The van der Waals surface area contributed by atoms with E-state index in [1.807, 2.05) is 38.7 Å². The van der Waals surface area contributed by atoms with E-state index in [1.165, 1.54) is 11.0 Å². The molecule has 2 heterocycles. The average molecular weight is 532 g/mol. The molecule has 0 aromatic heterocycles. The largest absolute Gasteiger partial charge is 0.347 e. The number of nitroso groups, excluding NO2 is 1. The van der Waals surface area contributed by atoms with E-state index in [9.17, 15) is 23.3 Å². The maximum absolute atomic E-state index is 14.4. The van der Waals surface area contributed by atoms with E-state index < -0.39 is 28.6 Å². The van der Waals surface area contributed by atoms with Crippen molar-refractivity contribution in [2.24, 2.45) is 10.6 Å². The number of hydrogen-bond acceptors (Lipinski definition) is 6. The highest BCUT2D eigenvalue weighted by Crippen LogP contribution is 2.43. The summed E-state index contributed by atoms with van der Waals surface area (Å²) in [6.45, 7) is 10.8. The Morgan fingerprint density at radius 2 is 1.97 bits per heavy atom. The smallest absolute Gasteiger partial charge is 0.241 e. The molecule has 0 radical (unpaired) electrons. The van der Waals surface area contributed by atoms with Crippen LogP contribution in [0, 0.1) is 22.0 Å². The molecule has 0 spiro atoms. The van der Waals surface area contributed by atoms with Crippen molar-refractivity contribution in [3.8, 4) is 0 Å². The number of benzene rings is 1. The second-order valence-corrected chi connectivity index (χ2v) is 11.4. The van der Waals surface area contributed by atoms with Gasteiger partial charge in [0.15, 0.2) is 0 Å². The van der Waals surface area contributed by atoms with Crippen molar-refractivity contribution in [1.29, 1.82) is 0 Å². The minimum atomic E-state index is -1.39. The Kier molecular flexibility index (Phi) is 8.88. The molecule has 1 aromatic carbocycles. The number of carbonyl (C=O) groups is 2. The number of halogens is 2. The van der Waals surface area contributed by atoms with E-state index in [0.717, 1.165) is 17.7 Å². The van der Waals surface area contributed by atoms with Gasteiger partial charge in [0.05, 0.1) is 6.54 Å². The molecule has 2 aliphatic rings. The van der Waals surface area contributed by atoms with E-state index in [2.05, 4.69) is 10.5 Å². The molecule has 38 heavy (non-hydrogen) atoms. The number of likely N-dealkylation sites (N-methyl/N-ethyl adjacent to an activating group) is 1. The highest BCUT2D eigenvalue weighted by atomic mass is 19.1. The van der Waals surface area contributed by atoms with E-state index >= 15 is 0 Å². The van der Waals surface area contributed by atoms with Crippen molar-refractivity contribution >= 4 is 11.8 Å². The molecule has 0 saturated carbocycles. The fraction of sp³-hybridized carbons (Fsp3) is 0.571. The molecule has 1 aromatic rings. The Balaban J connectivity index is 1.96. The lowest BCUT2D eigenvalue weighted by atomic mass is 9.84. The first-order valence-electron chi connectivity index (χ1n) is 12.9. The first-order chi connectivity index (χ1) is 17.7. The number of likely N-dealkylation sites (tertiary alicyclic amines) is 1. The van der Waals surface area contributed by atoms with Crippen LogP contribution in [0.15, 0.2) is 46.8 Å². The third kappa shape index (κ3) is 6.35. The van der Waals surface area contributed by atoms with Gasteiger partial charge in [-0.15, -0.1) is 4.91 Å². The number of nitrogens with one attached hydrogen (secondary N) is 1. The van der Waals surface area contributed by atoms with Crippen LogP contribution in [0.4, 0.5) is 8.78 Å². The molecule has 0 aliphatic carbocycles. The minimum absolute atomic E-state index is 0.0263. The number of hydrogen-bond donors (Lipinski definition) is 1. The maximum Gasteiger partial charge on any atom is 0.241 e. The average Bonchev–Trinajstić information content (AvgIpc) is 3.09. The fourth-order valence-corrected chi connectivity index (χ4v) is 5.39. The van der Waals surface area contributed by atoms with Crippen LogP contribution in [0.5, 0.6) is 0 Å². The normalized spacial score (nSPS) is 25.4. The summed E-state index contributed by atoms with van der Waals surface area (Å²) in [5.74, 6) is -1.74. The third-order valence-corrected chi connectivity index (χ3v) is 7.33. The van der Waals surface area contributed by atoms with Gasteiger partial charge in [-0.1, -0.05) is 31.2 Å². The first kappa shape index (κ1) is 29.6. The van der Waals surface area contributed by atoms with Gasteiger partial charge in [-0.25, -0.2) is 8.78 Å². The van der Waals surface area contributed by atoms with Crippen molar-refractivity contribution in [2.75, 3.05) is 40.3 Å². The number of rotatable bonds is 7. The van der Waals surface area contributed by atoms with Gasteiger partial charge in [0, 0.05) is 63.4 Å². The predicted octanol–water partition coefficient (Wildman–Crippen LogP) is 3.48. The van der Waals surface area contributed by atoms with Gasteiger partial charge in [-0.05, 0) is 44.1 Å². The van der Waals surface area contributed by atoms with Crippen LogP contribution in [0.2, 0.25) is 0 Å². The molecule has 0 bridgehead atoms. The molecule has 8 nitrogen and oxygen atoms in total. The quantitative estimate of drug-likeness (QED) is 0.545. The molecule has 1 N–H and O–H groups in total. The second-order valence-electron chi connectivity index (χ2n) is 11.4. The molecule has 10 heteroatoms. The molecule has 3 atom stereocenters. The standard InChI is InChI=1S/C28H39F2N5O3/c1-8-21-23(13-28(5,32-38)12-19-9-10-20(29)11-22(19)30)35(17-27(21,3)4)25(36)16-34-15-18(2)31-14-24(34)26(37)33(6)7/h8-11,13,18,24,31H,12,14-17H2,1-7H3/b21-8+,23-13+/t18-,24-,28?/m1/s1. The van der Waals surface area contributed by atoms with E-state index in [4.69, 9.17) is 0 Å². The van der Waals surface area contributed by atoms with Crippen molar-refractivity contribution in [1.82, 2.24) is 20.0 Å². The van der Waals surface area contributed by atoms with Crippen LogP contribution in [0.3, 0.4) is 0 Å². The number of piperazine rings is 1.